The molecular formula is C14H15N3S2. The summed E-state index contributed by atoms with van der Waals surface area (Å²) in [6, 6.07) is 8.07. The minimum atomic E-state index is 0.486. The van der Waals surface area contributed by atoms with Gasteiger partial charge in [0.15, 0.2) is 5.11 Å². The molecule has 0 spiro atoms. The van der Waals surface area contributed by atoms with Gasteiger partial charge in [0, 0.05) is 11.3 Å². The third-order valence-electron chi connectivity index (χ3n) is 2.78. The number of nitrogens with zero attached hydrogens (tertiary/aromatic N) is 1. The van der Waals surface area contributed by atoms with Crippen LogP contribution in [0.15, 0.2) is 40.1 Å². The lowest BCUT2D eigenvalue weighted by Gasteiger charge is -2.11. The molecule has 0 radical (unpaired) electrons. The van der Waals surface area contributed by atoms with Crippen molar-refractivity contribution >= 4 is 40.6 Å². The van der Waals surface area contributed by atoms with Crippen molar-refractivity contribution in [2.75, 3.05) is 5.32 Å². The fourth-order valence-electron chi connectivity index (χ4n) is 1.55. The maximum absolute atomic E-state index is 5.20. The van der Waals surface area contributed by atoms with Crippen molar-refractivity contribution in [1.82, 2.24) is 5.43 Å². The zero-order valence-electron chi connectivity index (χ0n) is 10.8. The first-order valence-electron chi connectivity index (χ1n) is 5.85. The molecule has 3 nitrogen and oxygen atoms in total. The van der Waals surface area contributed by atoms with Crippen molar-refractivity contribution < 1.29 is 0 Å². The molecule has 0 fully saturated rings. The van der Waals surface area contributed by atoms with Gasteiger partial charge in [-0.3, -0.25) is 5.43 Å². The molecule has 0 aliphatic heterocycles. The van der Waals surface area contributed by atoms with Crippen molar-refractivity contribution in [2.24, 2.45) is 5.10 Å². The standard InChI is InChI=1S/C14H15N3S2/c1-10-4-3-5-13(11(10)2)16-14(18)17-15-8-12-6-7-19-9-12/h3-9H,1-2H3,(H2,16,17,18)/b15-8+. The van der Waals surface area contributed by atoms with Crippen LogP contribution in [0.4, 0.5) is 5.69 Å². The van der Waals surface area contributed by atoms with Gasteiger partial charge in [-0.25, -0.2) is 0 Å². The monoisotopic (exact) mass is 289 g/mol. The lowest BCUT2D eigenvalue weighted by molar-refractivity contribution is 1.05. The number of hydrogen-bond donors (Lipinski definition) is 2. The number of aryl methyl sites for hydroxylation is 1. The molecule has 0 aliphatic carbocycles. The molecule has 0 amide bonds. The zero-order valence-corrected chi connectivity index (χ0v) is 12.4. The summed E-state index contributed by atoms with van der Waals surface area (Å²) >= 11 is 6.84. The molecule has 5 heteroatoms. The van der Waals surface area contributed by atoms with E-state index in [0.29, 0.717) is 5.11 Å². The maximum atomic E-state index is 5.20. The smallest absolute Gasteiger partial charge is 0.191 e. The van der Waals surface area contributed by atoms with E-state index in [1.54, 1.807) is 17.6 Å². The number of nitrogens with one attached hydrogen (secondary N) is 2. The van der Waals surface area contributed by atoms with Gasteiger partial charge >= 0.3 is 0 Å². The highest BCUT2D eigenvalue weighted by atomic mass is 32.1. The second-order valence-electron chi connectivity index (χ2n) is 4.13. The van der Waals surface area contributed by atoms with Crippen LogP contribution in [0, 0.1) is 13.8 Å². The molecule has 98 valence electrons. The molecule has 19 heavy (non-hydrogen) atoms. The van der Waals surface area contributed by atoms with Gasteiger partial charge < -0.3 is 5.32 Å². The summed E-state index contributed by atoms with van der Waals surface area (Å²) in [4.78, 5) is 0. The summed E-state index contributed by atoms with van der Waals surface area (Å²) < 4.78 is 0. The Hall–Kier alpha value is -1.72. The quantitative estimate of drug-likeness (QED) is 0.514. The van der Waals surface area contributed by atoms with Gasteiger partial charge in [-0.05, 0) is 60.1 Å². The summed E-state index contributed by atoms with van der Waals surface area (Å²) in [6.07, 6.45) is 1.74. The maximum Gasteiger partial charge on any atom is 0.191 e. The Balaban J connectivity index is 1.93. The Morgan fingerprint density at radius 2 is 2.16 bits per heavy atom. The summed E-state index contributed by atoms with van der Waals surface area (Å²) in [5.41, 5.74) is 7.30. The Morgan fingerprint density at radius 1 is 1.32 bits per heavy atom. The van der Waals surface area contributed by atoms with E-state index in [-0.39, 0.29) is 0 Å². The lowest BCUT2D eigenvalue weighted by atomic mass is 10.1. The highest BCUT2D eigenvalue weighted by molar-refractivity contribution is 7.80. The second-order valence-corrected chi connectivity index (χ2v) is 5.32. The fraction of sp³-hybridized carbons (Fsp3) is 0.143. The predicted molar refractivity (Wildman–Crippen MR) is 87.2 cm³/mol. The van der Waals surface area contributed by atoms with Crippen molar-refractivity contribution in [3.05, 3.63) is 51.7 Å². The van der Waals surface area contributed by atoms with Crippen molar-refractivity contribution in [2.45, 2.75) is 13.8 Å². The number of hydrogen-bond acceptors (Lipinski definition) is 3. The third-order valence-corrected chi connectivity index (χ3v) is 3.67. The van der Waals surface area contributed by atoms with Crippen LogP contribution in [-0.2, 0) is 0 Å². The van der Waals surface area contributed by atoms with Crippen LogP contribution in [0.25, 0.3) is 0 Å². The molecule has 1 aromatic carbocycles. The summed E-state index contributed by atoms with van der Waals surface area (Å²) in [5, 5.41) is 11.7. The molecule has 2 aromatic rings. The Labute approximate surface area is 122 Å². The Morgan fingerprint density at radius 3 is 2.89 bits per heavy atom. The van der Waals surface area contributed by atoms with Crippen LogP contribution < -0.4 is 10.7 Å². The zero-order chi connectivity index (χ0) is 13.7. The number of rotatable bonds is 3. The van der Waals surface area contributed by atoms with Gasteiger partial charge in [0.2, 0.25) is 0 Å². The number of benzene rings is 1. The average Bonchev–Trinajstić information content (AvgIpc) is 2.88. The number of thiocarbonyl (C=S) groups is 1. The first-order chi connectivity index (χ1) is 9.16. The lowest BCUT2D eigenvalue weighted by Crippen LogP contribution is -2.24. The third kappa shape index (κ3) is 3.87. The Kier molecular flexibility index (Phi) is 4.65. The summed E-state index contributed by atoms with van der Waals surface area (Å²) in [6.45, 7) is 4.14. The van der Waals surface area contributed by atoms with Gasteiger partial charge in [0.25, 0.3) is 0 Å². The normalized spacial score (nSPS) is 10.6. The van der Waals surface area contributed by atoms with E-state index in [1.807, 2.05) is 29.0 Å². The molecule has 1 aromatic heterocycles. The SMILES string of the molecule is Cc1cccc(NC(=S)N/N=C/c2ccsc2)c1C. The van der Waals surface area contributed by atoms with E-state index in [4.69, 9.17) is 12.2 Å². The van der Waals surface area contributed by atoms with E-state index in [9.17, 15) is 0 Å². The molecule has 0 bridgehead atoms. The van der Waals surface area contributed by atoms with E-state index >= 15 is 0 Å². The molecule has 0 saturated carbocycles. The molecule has 0 atom stereocenters. The van der Waals surface area contributed by atoms with E-state index in [2.05, 4.69) is 35.8 Å². The minimum Gasteiger partial charge on any atom is -0.331 e. The fourth-order valence-corrected chi connectivity index (χ4v) is 2.32. The van der Waals surface area contributed by atoms with Gasteiger partial charge in [0.1, 0.15) is 0 Å². The van der Waals surface area contributed by atoms with Crippen LogP contribution in [0.5, 0.6) is 0 Å². The number of thiophene rings is 1. The average molecular weight is 289 g/mol. The Bertz CT molecular complexity index is 589. The number of anilines is 1. The van der Waals surface area contributed by atoms with Crippen LogP contribution in [0.3, 0.4) is 0 Å². The van der Waals surface area contributed by atoms with Crippen molar-refractivity contribution in [3.63, 3.8) is 0 Å². The van der Waals surface area contributed by atoms with Crippen LogP contribution in [0.1, 0.15) is 16.7 Å². The summed E-state index contributed by atoms with van der Waals surface area (Å²) in [7, 11) is 0. The largest absolute Gasteiger partial charge is 0.331 e. The first-order valence-corrected chi connectivity index (χ1v) is 7.20. The molecule has 2 N–H and O–H groups in total. The van der Waals surface area contributed by atoms with Gasteiger partial charge in [-0.15, -0.1) is 0 Å². The highest BCUT2D eigenvalue weighted by Crippen LogP contribution is 2.17. The molecule has 1 heterocycles. The number of hydrazone groups is 1. The molecule has 2 rings (SSSR count). The van der Waals surface area contributed by atoms with E-state index in [0.717, 1.165) is 11.3 Å². The minimum absolute atomic E-state index is 0.486. The molecule has 0 saturated heterocycles. The van der Waals surface area contributed by atoms with Crippen LogP contribution in [-0.4, -0.2) is 11.3 Å². The second kappa shape index (κ2) is 6.45. The first kappa shape index (κ1) is 13.7. The van der Waals surface area contributed by atoms with Gasteiger partial charge in [0.05, 0.1) is 6.21 Å². The predicted octanol–water partition coefficient (Wildman–Crippen LogP) is 3.69. The van der Waals surface area contributed by atoms with Crippen molar-refractivity contribution in [3.8, 4) is 0 Å². The molecule has 0 aliphatic rings. The highest BCUT2D eigenvalue weighted by Gasteiger charge is 2.01. The van der Waals surface area contributed by atoms with E-state index in [1.165, 1.54) is 11.1 Å². The van der Waals surface area contributed by atoms with Crippen LogP contribution >= 0.6 is 23.6 Å². The summed E-state index contributed by atoms with van der Waals surface area (Å²) in [5.74, 6) is 0. The molecular weight excluding hydrogens is 274 g/mol. The van der Waals surface area contributed by atoms with Crippen molar-refractivity contribution in [1.29, 1.82) is 0 Å². The van der Waals surface area contributed by atoms with Gasteiger partial charge in [-0.2, -0.15) is 16.4 Å². The topological polar surface area (TPSA) is 36.4 Å². The van der Waals surface area contributed by atoms with E-state index < -0.39 is 0 Å². The van der Waals surface area contributed by atoms with Gasteiger partial charge in [-0.1, -0.05) is 12.1 Å². The molecule has 0 unspecified atom stereocenters. The van der Waals surface area contributed by atoms with Crippen LogP contribution in [0.2, 0.25) is 0 Å².